The van der Waals surface area contributed by atoms with Crippen LogP contribution >= 0.6 is 11.6 Å². The molecule has 0 atom stereocenters. The number of hydrogen-bond donors (Lipinski definition) is 0. The number of rotatable bonds is 4. The Morgan fingerprint density at radius 2 is 1.60 bits per heavy atom. The second-order valence-corrected chi connectivity index (χ2v) is 8.23. The van der Waals surface area contributed by atoms with Crippen LogP contribution < -0.4 is 0 Å². The maximum absolute atomic E-state index is 13.2. The first-order valence-corrected chi connectivity index (χ1v) is 9.60. The highest BCUT2D eigenvalue weighted by molar-refractivity contribution is 7.89. The Hall–Kier alpha value is -1.54. The molecule has 0 amide bonds. The molecule has 0 N–H and O–H groups in total. The molecule has 2 aromatic rings. The first kappa shape index (κ1) is 18.3. The van der Waals surface area contributed by atoms with E-state index in [0.717, 1.165) is 17.7 Å². The lowest BCUT2D eigenvalue weighted by atomic mass is 10.2. The standard InChI is InChI=1S/C17H17ClF2N2O2S/c18-16-11-15(5-6-17(16)20)25(23,24)22-9-7-21(8-10-22)12-13-1-3-14(19)4-2-13/h1-6,11H,7-10,12H2. The monoisotopic (exact) mass is 386 g/mol. The van der Waals surface area contributed by atoms with Gasteiger partial charge in [-0.2, -0.15) is 4.31 Å². The fourth-order valence-electron chi connectivity index (χ4n) is 2.76. The summed E-state index contributed by atoms with van der Waals surface area (Å²) in [5.41, 5.74) is 0.975. The van der Waals surface area contributed by atoms with E-state index in [0.29, 0.717) is 32.7 Å². The lowest BCUT2D eigenvalue weighted by Crippen LogP contribution is -2.48. The summed E-state index contributed by atoms with van der Waals surface area (Å²) < 4.78 is 52.8. The van der Waals surface area contributed by atoms with Crippen LogP contribution in [0.5, 0.6) is 0 Å². The van der Waals surface area contributed by atoms with Gasteiger partial charge in [-0.15, -0.1) is 0 Å². The molecule has 0 saturated carbocycles. The summed E-state index contributed by atoms with van der Waals surface area (Å²) in [5, 5.41) is -0.212. The molecule has 0 bridgehead atoms. The molecule has 4 nitrogen and oxygen atoms in total. The maximum Gasteiger partial charge on any atom is 0.243 e. The van der Waals surface area contributed by atoms with Crippen LogP contribution in [0, 0.1) is 11.6 Å². The van der Waals surface area contributed by atoms with Gasteiger partial charge in [-0.25, -0.2) is 17.2 Å². The van der Waals surface area contributed by atoms with Crippen molar-refractivity contribution in [1.29, 1.82) is 0 Å². The Bertz CT molecular complexity index is 851. The topological polar surface area (TPSA) is 40.6 Å². The van der Waals surface area contributed by atoms with Crippen LogP contribution in [0.4, 0.5) is 8.78 Å². The molecule has 8 heteroatoms. The number of nitrogens with zero attached hydrogens (tertiary/aromatic N) is 2. The van der Waals surface area contributed by atoms with Gasteiger partial charge in [0.2, 0.25) is 10.0 Å². The number of benzene rings is 2. The van der Waals surface area contributed by atoms with Crippen LogP contribution in [0.3, 0.4) is 0 Å². The van der Waals surface area contributed by atoms with Crippen molar-refractivity contribution in [2.75, 3.05) is 26.2 Å². The van der Waals surface area contributed by atoms with Crippen LogP contribution in [0.2, 0.25) is 5.02 Å². The quantitative estimate of drug-likeness (QED) is 0.810. The van der Waals surface area contributed by atoms with E-state index in [9.17, 15) is 17.2 Å². The molecule has 3 rings (SSSR count). The Morgan fingerprint density at radius 1 is 0.960 bits per heavy atom. The minimum atomic E-state index is -3.70. The number of halogens is 3. The summed E-state index contributed by atoms with van der Waals surface area (Å²) >= 11 is 5.69. The van der Waals surface area contributed by atoms with Crippen LogP contribution in [0.1, 0.15) is 5.56 Å². The molecule has 0 radical (unpaired) electrons. The largest absolute Gasteiger partial charge is 0.296 e. The second-order valence-electron chi connectivity index (χ2n) is 5.88. The summed E-state index contributed by atoms with van der Waals surface area (Å²) in [6.07, 6.45) is 0. The van der Waals surface area contributed by atoms with Gasteiger partial charge in [-0.05, 0) is 35.9 Å². The van der Waals surface area contributed by atoms with Crippen LogP contribution in [0.25, 0.3) is 0 Å². The highest BCUT2D eigenvalue weighted by Gasteiger charge is 2.28. The van der Waals surface area contributed by atoms with Gasteiger partial charge in [0.1, 0.15) is 11.6 Å². The van der Waals surface area contributed by atoms with Crippen molar-refractivity contribution >= 4 is 21.6 Å². The van der Waals surface area contributed by atoms with Crippen LogP contribution in [-0.4, -0.2) is 43.8 Å². The molecule has 2 aromatic carbocycles. The number of piperazine rings is 1. The third-order valence-corrected chi connectivity index (χ3v) is 6.36. The van der Waals surface area contributed by atoms with E-state index in [1.165, 1.54) is 22.5 Å². The Balaban J connectivity index is 1.64. The summed E-state index contributed by atoms with van der Waals surface area (Å²) in [5.74, 6) is -0.928. The number of sulfonamides is 1. The number of hydrogen-bond acceptors (Lipinski definition) is 3. The average molecular weight is 387 g/mol. The van der Waals surface area contributed by atoms with Gasteiger partial charge in [0.05, 0.1) is 9.92 Å². The van der Waals surface area contributed by atoms with Gasteiger partial charge < -0.3 is 0 Å². The normalized spacial score (nSPS) is 16.9. The predicted molar refractivity (Wildman–Crippen MR) is 91.8 cm³/mol. The molecule has 0 spiro atoms. The van der Waals surface area contributed by atoms with Gasteiger partial charge in [-0.1, -0.05) is 23.7 Å². The Morgan fingerprint density at radius 3 is 2.20 bits per heavy atom. The minimum absolute atomic E-state index is 0.00844. The predicted octanol–water partition coefficient (Wildman–Crippen LogP) is 3.12. The molecule has 0 unspecified atom stereocenters. The zero-order valence-corrected chi connectivity index (χ0v) is 14.9. The highest BCUT2D eigenvalue weighted by Crippen LogP contribution is 2.23. The molecule has 1 heterocycles. The third-order valence-electron chi connectivity index (χ3n) is 4.18. The van der Waals surface area contributed by atoms with Gasteiger partial charge in [0, 0.05) is 32.7 Å². The first-order valence-electron chi connectivity index (χ1n) is 7.78. The molecular weight excluding hydrogens is 370 g/mol. The van der Waals surface area contributed by atoms with E-state index in [1.54, 1.807) is 12.1 Å². The molecule has 1 aliphatic rings. The Labute approximate surface area is 150 Å². The molecule has 0 aliphatic carbocycles. The van der Waals surface area contributed by atoms with Crippen molar-refractivity contribution in [3.8, 4) is 0 Å². The molecule has 0 aromatic heterocycles. The smallest absolute Gasteiger partial charge is 0.243 e. The zero-order chi connectivity index (χ0) is 18.0. The fourth-order valence-corrected chi connectivity index (χ4v) is 4.46. The van der Waals surface area contributed by atoms with Gasteiger partial charge in [0.25, 0.3) is 0 Å². The lowest BCUT2D eigenvalue weighted by molar-refractivity contribution is 0.181. The van der Waals surface area contributed by atoms with Crippen LogP contribution in [0.15, 0.2) is 47.4 Å². The average Bonchev–Trinajstić information content (AvgIpc) is 2.60. The van der Waals surface area contributed by atoms with E-state index < -0.39 is 15.8 Å². The molecule has 25 heavy (non-hydrogen) atoms. The van der Waals surface area contributed by atoms with Crippen molar-refractivity contribution in [2.45, 2.75) is 11.4 Å². The van der Waals surface area contributed by atoms with E-state index in [4.69, 9.17) is 11.6 Å². The maximum atomic E-state index is 13.2. The van der Waals surface area contributed by atoms with Crippen molar-refractivity contribution in [1.82, 2.24) is 9.21 Å². The SMILES string of the molecule is O=S(=O)(c1ccc(F)c(Cl)c1)N1CCN(Cc2ccc(F)cc2)CC1. The van der Waals surface area contributed by atoms with Crippen molar-refractivity contribution < 1.29 is 17.2 Å². The van der Waals surface area contributed by atoms with Gasteiger partial charge in [0.15, 0.2) is 0 Å². The molecule has 134 valence electrons. The molecule has 1 aliphatic heterocycles. The molecule has 1 fully saturated rings. The van der Waals surface area contributed by atoms with Gasteiger partial charge >= 0.3 is 0 Å². The van der Waals surface area contributed by atoms with E-state index in [-0.39, 0.29) is 15.7 Å². The summed E-state index contributed by atoms with van der Waals surface area (Å²) in [6, 6.07) is 9.68. The Kier molecular flexibility index (Phi) is 5.38. The zero-order valence-electron chi connectivity index (χ0n) is 13.3. The van der Waals surface area contributed by atoms with E-state index >= 15 is 0 Å². The van der Waals surface area contributed by atoms with Crippen molar-refractivity contribution in [2.24, 2.45) is 0 Å². The minimum Gasteiger partial charge on any atom is -0.296 e. The summed E-state index contributed by atoms with van der Waals surface area (Å²) in [7, 11) is -3.70. The third kappa shape index (κ3) is 4.17. The van der Waals surface area contributed by atoms with E-state index in [2.05, 4.69) is 4.90 Å². The van der Waals surface area contributed by atoms with Crippen molar-refractivity contribution in [3.05, 3.63) is 64.7 Å². The fraction of sp³-hybridized carbons (Fsp3) is 0.294. The molecular formula is C17H17ClF2N2O2S. The summed E-state index contributed by atoms with van der Waals surface area (Å²) in [6.45, 7) is 2.42. The first-order chi connectivity index (χ1) is 11.9. The van der Waals surface area contributed by atoms with Crippen LogP contribution in [-0.2, 0) is 16.6 Å². The highest BCUT2D eigenvalue weighted by atomic mass is 35.5. The van der Waals surface area contributed by atoms with Gasteiger partial charge in [-0.3, -0.25) is 4.90 Å². The summed E-state index contributed by atoms with van der Waals surface area (Å²) in [4.78, 5) is 2.10. The molecule has 1 saturated heterocycles. The lowest BCUT2D eigenvalue weighted by Gasteiger charge is -2.34. The van der Waals surface area contributed by atoms with Crippen molar-refractivity contribution in [3.63, 3.8) is 0 Å². The van der Waals surface area contributed by atoms with E-state index in [1.807, 2.05) is 0 Å². The second kappa shape index (κ2) is 7.37.